The molecule has 9 heteroatoms. The van der Waals surface area contributed by atoms with Crippen molar-refractivity contribution in [2.24, 2.45) is 0 Å². The van der Waals surface area contributed by atoms with Gasteiger partial charge in [0.2, 0.25) is 0 Å². The fourth-order valence-corrected chi connectivity index (χ4v) is 2.30. The molecule has 0 aliphatic rings. The Kier molecular flexibility index (Phi) is 3.45. The van der Waals surface area contributed by atoms with E-state index in [0.717, 1.165) is 0 Å². The van der Waals surface area contributed by atoms with Crippen molar-refractivity contribution in [3.05, 3.63) is 27.7 Å². The lowest BCUT2D eigenvalue weighted by molar-refractivity contribution is -0.137. The zero-order chi connectivity index (χ0) is 12.7. The highest BCUT2D eigenvalue weighted by atomic mass is 35.5. The summed E-state index contributed by atoms with van der Waals surface area (Å²) in [5, 5.41) is -1.33. The van der Waals surface area contributed by atoms with E-state index in [0.29, 0.717) is 6.07 Å². The van der Waals surface area contributed by atoms with Crippen LogP contribution in [-0.2, 0) is 16.3 Å². The maximum Gasteiger partial charge on any atom is 0.417 e. The van der Waals surface area contributed by atoms with Gasteiger partial charge in [-0.25, -0.2) is 0 Å². The van der Waals surface area contributed by atoms with Gasteiger partial charge in [-0.1, -0.05) is 23.2 Å². The molecule has 1 rings (SSSR count). The first-order valence-corrected chi connectivity index (χ1v) is 5.77. The highest BCUT2D eigenvalue weighted by molar-refractivity contribution is 7.86. The van der Waals surface area contributed by atoms with Gasteiger partial charge < -0.3 is 0 Å². The standard InChI is InChI=1S/C7H3Cl2F3O3S/c8-4-2-5(9)6(16(13,14)15)1-3(4)7(10,11)12/h1-2H,(H,13,14,15). The fourth-order valence-electron chi connectivity index (χ4n) is 0.944. The minimum Gasteiger partial charge on any atom is -0.282 e. The lowest BCUT2D eigenvalue weighted by atomic mass is 10.2. The van der Waals surface area contributed by atoms with E-state index < -0.39 is 36.8 Å². The van der Waals surface area contributed by atoms with Gasteiger partial charge in [-0.05, 0) is 12.1 Å². The molecule has 3 nitrogen and oxygen atoms in total. The van der Waals surface area contributed by atoms with Crippen LogP contribution in [0.2, 0.25) is 10.0 Å². The van der Waals surface area contributed by atoms with Crippen LogP contribution in [-0.4, -0.2) is 13.0 Å². The molecule has 16 heavy (non-hydrogen) atoms. The lowest BCUT2D eigenvalue weighted by Gasteiger charge is -2.10. The van der Waals surface area contributed by atoms with Crippen LogP contribution in [0.3, 0.4) is 0 Å². The molecule has 0 spiro atoms. The molecule has 90 valence electrons. The highest BCUT2D eigenvalue weighted by Gasteiger charge is 2.35. The summed E-state index contributed by atoms with van der Waals surface area (Å²) < 4.78 is 67.1. The molecule has 0 saturated heterocycles. The van der Waals surface area contributed by atoms with Crippen LogP contribution >= 0.6 is 23.2 Å². The van der Waals surface area contributed by atoms with Crippen molar-refractivity contribution in [2.45, 2.75) is 11.1 Å². The van der Waals surface area contributed by atoms with Crippen LogP contribution in [0.25, 0.3) is 0 Å². The van der Waals surface area contributed by atoms with Gasteiger partial charge in [0, 0.05) is 0 Å². The molecule has 0 aliphatic heterocycles. The van der Waals surface area contributed by atoms with Crippen molar-refractivity contribution in [2.75, 3.05) is 0 Å². The molecule has 0 fully saturated rings. The zero-order valence-corrected chi connectivity index (χ0v) is 9.54. The van der Waals surface area contributed by atoms with Gasteiger partial charge in [0.25, 0.3) is 10.1 Å². The predicted octanol–water partition coefficient (Wildman–Crippen LogP) is 3.26. The van der Waals surface area contributed by atoms with Crippen molar-refractivity contribution in [3.63, 3.8) is 0 Å². The minimum absolute atomic E-state index is 0.181. The molecule has 0 aromatic heterocycles. The lowest BCUT2D eigenvalue weighted by Crippen LogP contribution is -2.09. The second kappa shape index (κ2) is 4.06. The molecule has 0 bridgehead atoms. The van der Waals surface area contributed by atoms with Crippen LogP contribution in [0, 0.1) is 0 Å². The molecule has 0 unspecified atom stereocenters. The molecular formula is C7H3Cl2F3O3S. The Hall–Kier alpha value is -0.500. The summed E-state index contributed by atoms with van der Waals surface area (Å²) in [6.45, 7) is 0. The first kappa shape index (κ1) is 13.6. The van der Waals surface area contributed by atoms with Crippen molar-refractivity contribution in [1.29, 1.82) is 0 Å². The van der Waals surface area contributed by atoms with E-state index >= 15 is 0 Å². The molecule has 0 heterocycles. The van der Waals surface area contributed by atoms with Gasteiger partial charge in [-0.3, -0.25) is 4.55 Å². The Bertz CT molecular complexity index is 524. The van der Waals surface area contributed by atoms with Gasteiger partial charge >= 0.3 is 6.18 Å². The third kappa shape index (κ3) is 2.79. The molecule has 0 saturated carbocycles. The van der Waals surface area contributed by atoms with Crippen molar-refractivity contribution in [3.8, 4) is 0 Å². The van der Waals surface area contributed by atoms with E-state index in [1.54, 1.807) is 0 Å². The highest BCUT2D eigenvalue weighted by Crippen LogP contribution is 2.38. The molecule has 0 atom stereocenters. The minimum atomic E-state index is -4.83. The van der Waals surface area contributed by atoms with Gasteiger partial charge in [0.1, 0.15) is 4.90 Å². The molecular weight excluding hydrogens is 292 g/mol. The molecule has 1 N–H and O–H groups in total. The van der Waals surface area contributed by atoms with Crippen LogP contribution in [0.1, 0.15) is 5.56 Å². The summed E-state index contributed by atoms with van der Waals surface area (Å²) in [5.41, 5.74) is -1.38. The quantitative estimate of drug-likeness (QED) is 0.809. The Morgan fingerprint density at radius 3 is 2.00 bits per heavy atom. The number of halogens is 5. The molecule has 0 amide bonds. The first-order chi connectivity index (χ1) is 7.03. The summed E-state index contributed by atoms with van der Waals surface area (Å²) in [5.74, 6) is 0. The number of benzene rings is 1. The van der Waals surface area contributed by atoms with Gasteiger partial charge in [-0.15, -0.1) is 0 Å². The second-order valence-corrected chi connectivity index (χ2v) is 4.94. The van der Waals surface area contributed by atoms with Crippen LogP contribution in [0.4, 0.5) is 13.2 Å². The normalized spacial score (nSPS) is 12.9. The summed E-state index contributed by atoms with van der Waals surface area (Å²) in [7, 11) is -4.82. The SMILES string of the molecule is O=S(=O)(O)c1cc(C(F)(F)F)c(Cl)cc1Cl. The number of rotatable bonds is 1. The number of hydrogen-bond donors (Lipinski definition) is 1. The second-order valence-electron chi connectivity index (χ2n) is 2.74. The molecule has 1 aromatic rings. The van der Waals surface area contributed by atoms with E-state index in [4.69, 9.17) is 27.8 Å². The number of alkyl halides is 3. The average molecular weight is 295 g/mol. The Balaban J connectivity index is 3.58. The van der Waals surface area contributed by atoms with E-state index in [2.05, 4.69) is 0 Å². The number of hydrogen-bond acceptors (Lipinski definition) is 2. The fraction of sp³-hybridized carbons (Fsp3) is 0.143. The predicted molar refractivity (Wildman–Crippen MR) is 51.3 cm³/mol. The van der Waals surface area contributed by atoms with Crippen LogP contribution in [0.15, 0.2) is 17.0 Å². The van der Waals surface area contributed by atoms with Crippen LogP contribution < -0.4 is 0 Å². The summed E-state index contributed by atoms with van der Waals surface area (Å²) in [6.07, 6.45) is -4.83. The Labute approximate surface area is 98.5 Å². The van der Waals surface area contributed by atoms with E-state index in [1.165, 1.54) is 0 Å². The van der Waals surface area contributed by atoms with Gasteiger partial charge in [-0.2, -0.15) is 21.6 Å². The smallest absolute Gasteiger partial charge is 0.282 e. The summed E-state index contributed by atoms with van der Waals surface area (Å²) in [4.78, 5) is -1.04. The molecule has 0 aliphatic carbocycles. The largest absolute Gasteiger partial charge is 0.417 e. The van der Waals surface area contributed by atoms with E-state index in [-0.39, 0.29) is 6.07 Å². The van der Waals surface area contributed by atoms with Crippen molar-refractivity contribution in [1.82, 2.24) is 0 Å². The third-order valence-electron chi connectivity index (χ3n) is 1.60. The van der Waals surface area contributed by atoms with Gasteiger partial charge in [0.15, 0.2) is 0 Å². The topological polar surface area (TPSA) is 54.4 Å². The third-order valence-corrected chi connectivity index (χ3v) is 3.24. The summed E-state index contributed by atoms with van der Waals surface area (Å²) >= 11 is 10.6. The Morgan fingerprint density at radius 1 is 1.12 bits per heavy atom. The van der Waals surface area contributed by atoms with E-state index in [1.807, 2.05) is 0 Å². The first-order valence-electron chi connectivity index (χ1n) is 3.57. The van der Waals surface area contributed by atoms with Crippen LogP contribution in [0.5, 0.6) is 0 Å². The van der Waals surface area contributed by atoms with Crippen molar-refractivity contribution < 1.29 is 26.1 Å². The van der Waals surface area contributed by atoms with Crippen molar-refractivity contribution >= 4 is 33.3 Å². The van der Waals surface area contributed by atoms with Gasteiger partial charge in [0.05, 0.1) is 15.6 Å². The molecule has 0 radical (unpaired) electrons. The Morgan fingerprint density at radius 2 is 1.62 bits per heavy atom. The maximum absolute atomic E-state index is 12.3. The van der Waals surface area contributed by atoms with E-state index in [9.17, 15) is 21.6 Å². The average Bonchev–Trinajstić information content (AvgIpc) is 1.97. The summed E-state index contributed by atoms with van der Waals surface area (Å²) in [6, 6.07) is 0.787. The monoisotopic (exact) mass is 294 g/mol. The maximum atomic E-state index is 12.3. The molecule has 1 aromatic carbocycles. The zero-order valence-electron chi connectivity index (χ0n) is 7.22.